The number of thiophene rings is 4. The Balaban J connectivity index is 0.000000201. The minimum Gasteiger partial charge on any atom is -0.489 e. The van der Waals surface area contributed by atoms with Gasteiger partial charge in [0.2, 0.25) is 0 Å². The Bertz CT molecular complexity index is 1110. The number of fused-ring (bicyclic) bond motifs is 2. The largest absolute Gasteiger partial charge is 0.489 e. The highest BCUT2D eigenvalue weighted by Crippen LogP contribution is 2.47. The molecule has 4 aromatic heterocycles. The van der Waals surface area contributed by atoms with Crippen LogP contribution in [0.5, 0.6) is 11.5 Å². The van der Waals surface area contributed by atoms with Crippen molar-refractivity contribution in [1.29, 1.82) is 0 Å². The second-order valence-electron chi connectivity index (χ2n) is 7.39. The lowest BCUT2D eigenvalue weighted by atomic mass is 10.4. The molecule has 0 aliphatic carbocycles. The van der Waals surface area contributed by atoms with Crippen molar-refractivity contribution < 1.29 is 28.4 Å². The van der Waals surface area contributed by atoms with Crippen molar-refractivity contribution in [3.63, 3.8) is 0 Å². The van der Waals surface area contributed by atoms with E-state index < -0.39 is 0 Å². The normalized spacial score (nSPS) is 11.3. The molecule has 6 nitrogen and oxygen atoms in total. The summed E-state index contributed by atoms with van der Waals surface area (Å²) in [4.78, 5) is 2.57. The molecule has 0 aliphatic rings. The predicted octanol–water partition coefficient (Wildman–Crippen LogP) is 8.15. The van der Waals surface area contributed by atoms with Crippen LogP contribution in [-0.2, 0) is 18.9 Å². The van der Waals surface area contributed by atoms with Crippen LogP contribution in [0.4, 0.5) is 0 Å². The van der Waals surface area contributed by atoms with Crippen LogP contribution in [0, 0.1) is 13.8 Å². The van der Waals surface area contributed by atoms with E-state index >= 15 is 0 Å². The molecule has 0 saturated carbocycles. The monoisotopic (exact) mass is 700 g/mol. The molecule has 0 fully saturated rings. The lowest BCUT2D eigenvalue weighted by molar-refractivity contribution is 0.0546. The SMILES string of the molecule is COCCOCCOc1c(Br)sc2cc(Br)sc12.COCCOCCOc1c(C)sc2cc(C)sc12. The molecular formula is C24H30Br2O6S4. The second-order valence-corrected chi connectivity index (χ2v) is 14.7. The van der Waals surface area contributed by atoms with E-state index in [4.69, 9.17) is 28.4 Å². The minimum atomic E-state index is 0.545. The van der Waals surface area contributed by atoms with Gasteiger partial charge in [-0.25, -0.2) is 0 Å². The van der Waals surface area contributed by atoms with Gasteiger partial charge in [0, 0.05) is 28.7 Å². The lowest BCUT2D eigenvalue weighted by Gasteiger charge is -2.06. The first-order valence-electron chi connectivity index (χ1n) is 11.2. The van der Waals surface area contributed by atoms with Gasteiger partial charge in [0.1, 0.15) is 17.0 Å². The summed E-state index contributed by atoms with van der Waals surface area (Å²) in [5, 5.41) is 0. The van der Waals surface area contributed by atoms with E-state index in [0.717, 1.165) is 19.1 Å². The number of rotatable bonds is 14. The first-order chi connectivity index (χ1) is 17.4. The van der Waals surface area contributed by atoms with Gasteiger partial charge in [-0.1, -0.05) is 0 Å². The molecule has 4 heterocycles. The van der Waals surface area contributed by atoms with Gasteiger partial charge in [0.25, 0.3) is 0 Å². The van der Waals surface area contributed by atoms with Crippen molar-refractivity contribution in [1.82, 2.24) is 0 Å². The average molecular weight is 703 g/mol. The van der Waals surface area contributed by atoms with Crippen molar-refractivity contribution in [2.75, 3.05) is 67.1 Å². The third-order valence-corrected chi connectivity index (χ3v) is 10.4. The third kappa shape index (κ3) is 8.89. The van der Waals surface area contributed by atoms with Gasteiger partial charge in [0.05, 0.1) is 57.5 Å². The van der Waals surface area contributed by atoms with Crippen molar-refractivity contribution in [2.45, 2.75) is 13.8 Å². The number of halogens is 2. The molecule has 0 aliphatic heterocycles. The number of aryl methyl sites for hydroxylation is 2. The van der Waals surface area contributed by atoms with Crippen molar-refractivity contribution in [3.05, 3.63) is 29.5 Å². The molecule has 12 heteroatoms. The second kappa shape index (κ2) is 16.0. The summed E-state index contributed by atoms with van der Waals surface area (Å²) < 4.78 is 39.3. The maximum Gasteiger partial charge on any atom is 0.162 e. The fourth-order valence-corrected chi connectivity index (χ4v) is 9.26. The third-order valence-electron chi connectivity index (χ3n) is 4.67. The summed E-state index contributed by atoms with van der Waals surface area (Å²) in [5.74, 6) is 1.95. The Labute approximate surface area is 244 Å². The zero-order chi connectivity index (χ0) is 25.9. The Hall–Kier alpha value is -0.280. The molecule has 0 radical (unpaired) electrons. The molecule has 0 unspecified atom stereocenters. The van der Waals surface area contributed by atoms with E-state index in [1.807, 2.05) is 0 Å². The molecule has 0 saturated heterocycles. The van der Waals surface area contributed by atoms with Gasteiger partial charge < -0.3 is 28.4 Å². The van der Waals surface area contributed by atoms with Crippen LogP contribution in [-0.4, -0.2) is 67.1 Å². The van der Waals surface area contributed by atoms with Gasteiger partial charge >= 0.3 is 0 Å². The number of hydrogen-bond acceptors (Lipinski definition) is 10. The summed E-state index contributed by atoms with van der Waals surface area (Å²) in [6.45, 7) is 9.01. The standard InChI is InChI=1S/C13H18O3S2.C11H12Br2O3S2/c1-9-8-11-13(17-9)12(10(2)18-11)16-7-6-15-5-4-14-3;1-14-2-3-15-4-5-16-9-10-7(17-11(9)13)6-8(12)18-10/h8H,4-7H2,1-3H3;6H,2-5H2,1H3. The van der Waals surface area contributed by atoms with Crippen molar-refractivity contribution in [3.8, 4) is 11.5 Å². The lowest BCUT2D eigenvalue weighted by Crippen LogP contribution is -2.10. The quantitative estimate of drug-likeness (QED) is 0.124. The fraction of sp³-hybridized carbons (Fsp3) is 0.500. The average Bonchev–Trinajstić information content (AvgIpc) is 3.53. The molecule has 200 valence electrons. The number of hydrogen-bond donors (Lipinski definition) is 0. The van der Waals surface area contributed by atoms with Gasteiger partial charge in [-0.2, -0.15) is 0 Å². The summed E-state index contributed by atoms with van der Waals surface area (Å²) in [7, 11) is 3.33. The van der Waals surface area contributed by atoms with Gasteiger partial charge in [-0.3, -0.25) is 0 Å². The molecule has 0 aromatic carbocycles. The van der Waals surface area contributed by atoms with Crippen molar-refractivity contribution >= 4 is 96.0 Å². The molecule has 0 atom stereocenters. The summed E-state index contributed by atoms with van der Waals surface area (Å²) in [5.41, 5.74) is 0. The number of ether oxygens (including phenoxy) is 6. The first-order valence-corrected chi connectivity index (χ1v) is 16.1. The number of methoxy groups -OCH3 is 2. The van der Waals surface area contributed by atoms with Gasteiger partial charge in [-0.15, -0.1) is 45.3 Å². The molecule has 0 N–H and O–H groups in total. The van der Waals surface area contributed by atoms with Crippen LogP contribution in [0.25, 0.3) is 18.8 Å². The zero-order valence-corrected chi connectivity index (χ0v) is 27.1. The zero-order valence-electron chi connectivity index (χ0n) is 20.6. The highest BCUT2D eigenvalue weighted by Gasteiger charge is 2.15. The molecule has 36 heavy (non-hydrogen) atoms. The maximum absolute atomic E-state index is 5.84. The smallest absolute Gasteiger partial charge is 0.162 e. The van der Waals surface area contributed by atoms with Gasteiger partial charge in [0.15, 0.2) is 11.5 Å². The predicted molar refractivity (Wildman–Crippen MR) is 161 cm³/mol. The maximum atomic E-state index is 5.84. The van der Waals surface area contributed by atoms with E-state index in [9.17, 15) is 0 Å². The molecule has 4 aromatic rings. The highest BCUT2D eigenvalue weighted by atomic mass is 79.9. The Morgan fingerprint density at radius 3 is 1.83 bits per heavy atom. The van der Waals surface area contributed by atoms with Crippen LogP contribution in [0.15, 0.2) is 19.7 Å². The topological polar surface area (TPSA) is 55.4 Å². The van der Waals surface area contributed by atoms with Crippen molar-refractivity contribution in [2.24, 2.45) is 0 Å². The fourth-order valence-electron chi connectivity index (χ4n) is 3.09. The van der Waals surface area contributed by atoms with Crippen LogP contribution in [0.1, 0.15) is 9.75 Å². The van der Waals surface area contributed by atoms with Crippen LogP contribution >= 0.6 is 77.2 Å². The molecule has 4 rings (SSSR count). The van der Waals surface area contributed by atoms with Crippen LogP contribution in [0.3, 0.4) is 0 Å². The molecule has 0 spiro atoms. The van der Waals surface area contributed by atoms with Gasteiger partial charge in [-0.05, 0) is 57.8 Å². The van der Waals surface area contributed by atoms with E-state index in [-0.39, 0.29) is 0 Å². The van der Waals surface area contributed by atoms with E-state index in [1.165, 1.54) is 28.6 Å². The summed E-state index contributed by atoms with van der Waals surface area (Å²) >= 11 is 14.0. The highest BCUT2D eigenvalue weighted by molar-refractivity contribution is 9.11. The minimum absolute atomic E-state index is 0.545. The summed E-state index contributed by atoms with van der Waals surface area (Å²) in [6, 6.07) is 4.33. The Morgan fingerprint density at radius 1 is 0.639 bits per heavy atom. The first kappa shape index (κ1) is 30.3. The molecule has 0 amide bonds. The molecule has 0 bridgehead atoms. The van der Waals surface area contributed by atoms with E-state index in [0.29, 0.717) is 52.9 Å². The van der Waals surface area contributed by atoms with Crippen LogP contribution < -0.4 is 9.47 Å². The summed E-state index contributed by atoms with van der Waals surface area (Å²) in [6.07, 6.45) is 0. The van der Waals surface area contributed by atoms with E-state index in [2.05, 4.69) is 57.8 Å². The molecular weight excluding hydrogens is 672 g/mol. The Morgan fingerprint density at radius 2 is 1.19 bits per heavy atom. The van der Waals surface area contributed by atoms with E-state index in [1.54, 1.807) is 59.6 Å². The van der Waals surface area contributed by atoms with Crippen LogP contribution in [0.2, 0.25) is 0 Å². The Kier molecular flexibility index (Phi) is 13.4.